The van der Waals surface area contributed by atoms with Crippen LogP contribution in [0.15, 0.2) is 59.5 Å². The highest BCUT2D eigenvalue weighted by Crippen LogP contribution is 2.30. The van der Waals surface area contributed by atoms with E-state index in [1.807, 2.05) is 30.3 Å². The molecule has 1 aromatic heterocycles. The number of nitrogens with one attached hydrogen (secondary N) is 1. The van der Waals surface area contributed by atoms with Crippen LogP contribution >= 0.6 is 11.3 Å². The molecule has 0 atom stereocenters. The van der Waals surface area contributed by atoms with Crippen LogP contribution in [0.2, 0.25) is 0 Å². The van der Waals surface area contributed by atoms with Crippen molar-refractivity contribution in [1.82, 2.24) is 9.71 Å². The fourth-order valence-corrected chi connectivity index (χ4v) is 4.46. The molecule has 1 heterocycles. The normalized spacial score (nSPS) is 12.3. The number of halogens is 3. The lowest BCUT2D eigenvalue weighted by Gasteiger charge is -2.09. The summed E-state index contributed by atoms with van der Waals surface area (Å²) in [5.74, 6) is 0. The Morgan fingerprint density at radius 2 is 1.67 bits per heavy atom. The van der Waals surface area contributed by atoms with Gasteiger partial charge in [0.1, 0.15) is 5.01 Å². The second kappa shape index (κ2) is 7.41. The first-order valence-electron chi connectivity index (χ1n) is 7.85. The number of hydrogen-bond acceptors (Lipinski definition) is 4. The zero-order valence-electron chi connectivity index (χ0n) is 14.1. The minimum atomic E-state index is -4.51. The van der Waals surface area contributed by atoms with Crippen molar-refractivity contribution in [3.05, 3.63) is 70.7 Å². The van der Waals surface area contributed by atoms with Crippen LogP contribution in [-0.4, -0.2) is 13.4 Å². The summed E-state index contributed by atoms with van der Waals surface area (Å²) < 4.78 is 64.9. The molecule has 2 aromatic carbocycles. The smallest absolute Gasteiger partial charge is 0.241 e. The Hall–Kier alpha value is -2.23. The lowest BCUT2D eigenvalue weighted by Crippen LogP contribution is -2.23. The van der Waals surface area contributed by atoms with Crippen molar-refractivity contribution in [2.45, 2.75) is 24.5 Å². The van der Waals surface area contributed by atoms with E-state index in [1.165, 1.54) is 11.3 Å². The summed E-state index contributed by atoms with van der Waals surface area (Å²) in [6.07, 6.45) is -4.51. The maximum atomic E-state index is 12.6. The Kier molecular flexibility index (Phi) is 5.36. The van der Waals surface area contributed by atoms with Crippen molar-refractivity contribution in [2.24, 2.45) is 0 Å². The third-order valence-corrected chi connectivity index (χ3v) is 6.45. The van der Waals surface area contributed by atoms with Crippen LogP contribution in [-0.2, 0) is 22.7 Å². The van der Waals surface area contributed by atoms with Gasteiger partial charge in [-0.3, -0.25) is 0 Å². The quantitative estimate of drug-likeness (QED) is 0.666. The van der Waals surface area contributed by atoms with Crippen molar-refractivity contribution >= 4 is 21.4 Å². The van der Waals surface area contributed by atoms with Gasteiger partial charge in [0.25, 0.3) is 0 Å². The molecular weight excluding hydrogens is 397 g/mol. The predicted molar refractivity (Wildman–Crippen MR) is 97.8 cm³/mol. The van der Waals surface area contributed by atoms with Crippen LogP contribution in [0.4, 0.5) is 13.2 Å². The van der Waals surface area contributed by atoms with E-state index in [1.54, 1.807) is 6.92 Å². The zero-order valence-corrected chi connectivity index (χ0v) is 15.8. The third-order valence-electron chi connectivity index (χ3n) is 3.83. The van der Waals surface area contributed by atoms with E-state index in [2.05, 4.69) is 9.71 Å². The third kappa shape index (κ3) is 4.55. The average molecular weight is 412 g/mol. The molecule has 1 N–H and O–H groups in total. The van der Waals surface area contributed by atoms with Crippen molar-refractivity contribution in [3.63, 3.8) is 0 Å². The Balaban J connectivity index is 1.75. The van der Waals surface area contributed by atoms with Gasteiger partial charge in [0.05, 0.1) is 16.2 Å². The Morgan fingerprint density at radius 1 is 1.04 bits per heavy atom. The minimum absolute atomic E-state index is 0.0136. The highest BCUT2D eigenvalue weighted by Gasteiger charge is 2.30. The van der Waals surface area contributed by atoms with Crippen LogP contribution in [0.1, 0.15) is 16.1 Å². The molecule has 4 nitrogen and oxygen atoms in total. The molecule has 3 aromatic rings. The first-order chi connectivity index (χ1) is 12.7. The molecule has 0 unspecified atom stereocenters. The van der Waals surface area contributed by atoms with E-state index in [-0.39, 0.29) is 11.4 Å². The van der Waals surface area contributed by atoms with Crippen LogP contribution in [0.5, 0.6) is 0 Å². The molecule has 0 aliphatic heterocycles. The van der Waals surface area contributed by atoms with Gasteiger partial charge in [0, 0.05) is 17.0 Å². The molecule has 0 fully saturated rings. The number of benzene rings is 2. The summed E-state index contributed by atoms with van der Waals surface area (Å²) in [5.41, 5.74) is 0.740. The SMILES string of the molecule is Cc1nc(-c2ccccc2)sc1CNS(=O)(=O)c1ccc(C(F)(F)F)cc1. The van der Waals surface area contributed by atoms with Crippen molar-refractivity contribution in [2.75, 3.05) is 0 Å². The van der Waals surface area contributed by atoms with Crippen molar-refractivity contribution in [1.29, 1.82) is 0 Å². The second-order valence-corrected chi connectivity index (χ2v) is 8.59. The van der Waals surface area contributed by atoms with Gasteiger partial charge in [-0.1, -0.05) is 30.3 Å². The van der Waals surface area contributed by atoms with Crippen molar-refractivity contribution in [3.8, 4) is 10.6 Å². The van der Waals surface area contributed by atoms with E-state index in [0.29, 0.717) is 5.69 Å². The second-order valence-electron chi connectivity index (χ2n) is 5.74. The van der Waals surface area contributed by atoms with Crippen molar-refractivity contribution < 1.29 is 21.6 Å². The monoisotopic (exact) mass is 412 g/mol. The van der Waals surface area contributed by atoms with Gasteiger partial charge in [-0.15, -0.1) is 11.3 Å². The molecule has 0 amide bonds. The van der Waals surface area contributed by atoms with Crippen LogP contribution in [0, 0.1) is 6.92 Å². The Morgan fingerprint density at radius 3 is 2.26 bits per heavy atom. The molecule has 0 aliphatic rings. The van der Waals surface area contributed by atoms with Crippen LogP contribution in [0.25, 0.3) is 10.6 Å². The maximum Gasteiger partial charge on any atom is 0.416 e. The highest BCUT2D eigenvalue weighted by molar-refractivity contribution is 7.89. The van der Waals surface area contributed by atoms with Gasteiger partial charge in [-0.2, -0.15) is 13.2 Å². The van der Waals surface area contributed by atoms with Gasteiger partial charge in [-0.25, -0.2) is 18.1 Å². The first-order valence-corrected chi connectivity index (χ1v) is 10.2. The van der Waals surface area contributed by atoms with Gasteiger partial charge in [0.2, 0.25) is 10.0 Å². The number of aryl methyl sites for hydroxylation is 1. The number of thiazole rings is 1. The maximum absolute atomic E-state index is 12.6. The fraction of sp³-hybridized carbons (Fsp3) is 0.167. The molecular formula is C18H15F3N2O2S2. The van der Waals surface area contributed by atoms with Gasteiger partial charge in [-0.05, 0) is 31.2 Å². The van der Waals surface area contributed by atoms with Crippen LogP contribution < -0.4 is 4.72 Å². The summed E-state index contributed by atoms with van der Waals surface area (Å²) in [6.45, 7) is 1.80. The topological polar surface area (TPSA) is 59.1 Å². The van der Waals surface area contributed by atoms with E-state index in [4.69, 9.17) is 0 Å². The number of aromatic nitrogens is 1. The molecule has 0 bridgehead atoms. The molecule has 0 aliphatic carbocycles. The fourth-order valence-electron chi connectivity index (χ4n) is 2.36. The van der Waals surface area contributed by atoms with Gasteiger partial charge in [0.15, 0.2) is 0 Å². The molecule has 27 heavy (non-hydrogen) atoms. The number of rotatable bonds is 5. The number of alkyl halides is 3. The number of sulfonamides is 1. The van der Waals surface area contributed by atoms with Crippen LogP contribution in [0.3, 0.4) is 0 Å². The Bertz CT molecular complexity index is 1030. The molecule has 0 spiro atoms. The summed E-state index contributed by atoms with van der Waals surface area (Å²) in [7, 11) is -3.93. The summed E-state index contributed by atoms with van der Waals surface area (Å²) in [6, 6.07) is 12.9. The first kappa shape index (κ1) is 19.5. The molecule has 3 rings (SSSR count). The van der Waals surface area contributed by atoms with E-state index in [0.717, 1.165) is 39.7 Å². The molecule has 142 valence electrons. The summed E-state index contributed by atoms with van der Waals surface area (Å²) in [4.78, 5) is 4.97. The largest absolute Gasteiger partial charge is 0.416 e. The number of nitrogens with zero attached hydrogens (tertiary/aromatic N) is 1. The van der Waals surface area contributed by atoms with E-state index < -0.39 is 21.8 Å². The summed E-state index contributed by atoms with van der Waals surface area (Å²) >= 11 is 1.37. The lowest BCUT2D eigenvalue weighted by molar-refractivity contribution is -0.137. The lowest BCUT2D eigenvalue weighted by atomic mass is 10.2. The highest BCUT2D eigenvalue weighted by atomic mass is 32.2. The van der Waals surface area contributed by atoms with E-state index >= 15 is 0 Å². The summed E-state index contributed by atoms with van der Waals surface area (Å²) in [5, 5.41) is 0.775. The Labute approximate surface area is 158 Å². The standard InChI is InChI=1S/C18H15F3N2O2S2/c1-12-16(26-17(23-12)13-5-3-2-4-6-13)11-22-27(24,25)15-9-7-14(8-10-15)18(19,20)21/h2-10,22H,11H2,1H3. The van der Waals surface area contributed by atoms with Gasteiger partial charge < -0.3 is 0 Å². The van der Waals surface area contributed by atoms with E-state index in [9.17, 15) is 21.6 Å². The minimum Gasteiger partial charge on any atom is -0.241 e. The average Bonchev–Trinajstić information content (AvgIpc) is 3.01. The molecule has 9 heteroatoms. The molecule has 0 saturated heterocycles. The number of hydrogen-bond donors (Lipinski definition) is 1. The van der Waals surface area contributed by atoms with Gasteiger partial charge >= 0.3 is 6.18 Å². The molecule has 0 radical (unpaired) electrons. The zero-order chi connectivity index (χ0) is 19.7. The predicted octanol–water partition coefficient (Wildman–Crippen LogP) is 4.62. The molecule has 0 saturated carbocycles.